The van der Waals surface area contributed by atoms with Crippen molar-refractivity contribution in [3.8, 4) is 5.75 Å². The summed E-state index contributed by atoms with van der Waals surface area (Å²) in [4.78, 5) is 4.23. The van der Waals surface area contributed by atoms with Gasteiger partial charge in [-0.2, -0.15) is 0 Å². The van der Waals surface area contributed by atoms with Crippen LogP contribution in [0.25, 0.3) is 0 Å². The zero-order chi connectivity index (χ0) is 13.1. The summed E-state index contributed by atoms with van der Waals surface area (Å²) in [5, 5.41) is 7.02. The van der Waals surface area contributed by atoms with Crippen molar-refractivity contribution in [1.82, 2.24) is 10.3 Å². The van der Waals surface area contributed by atoms with Crippen LogP contribution in [0.3, 0.4) is 0 Å². The monoisotopic (exact) mass is 330 g/mol. The molecule has 1 aliphatic rings. The summed E-state index contributed by atoms with van der Waals surface area (Å²) in [5.41, 5.74) is 2.58. The number of halogens is 2. The molecule has 0 radical (unpaired) electrons. The van der Waals surface area contributed by atoms with Gasteiger partial charge in [0.05, 0.1) is 5.02 Å². The van der Waals surface area contributed by atoms with Crippen molar-refractivity contribution >= 4 is 35.3 Å². The molecule has 1 aliphatic heterocycles. The first-order chi connectivity index (χ1) is 9.34. The fourth-order valence-corrected chi connectivity index (χ4v) is 3.08. The van der Waals surface area contributed by atoms with Crippen molar-refractivity contribution in [2.75, 3.05) is 13.1 Å². The van der Waals surface area contributed by atoms with Gasteiger partial charge in [-0.15, -0.1) is 23.7 Å². The van der Waals surface area contributed by atoms with Crippen LogP contribution in [-0.2, 0) is 19.4 Å². The van der Waals surface area contributed by atoms with E-state index < -0.39 is 0 Å². The largest absolute Gasteiger partial charge is 0.485 e. The third kappa shape index (κ3) is 3.44. The molecule has 0 unspecified atom stereocenters. The molecular formula is C14H16Cl2N2OS. The van der Waals surface area contributed by atoms with Crippen molar-refractivity contribution in [2.45, 2.75) is 19.4 Å². The van der Waals surface area contributed by atoms with Crippen molar-refractivity contribution in [3.63, 3.8) is 0 Å². The molecule has 2 heterocycles. The second-order valence-corrected chi connectivity index (χ2v) is 5.87. The van der Waals surface area contributed by atoms with Crippen LogP contribution in [0.5, 0.6) is 5.75 Å². The molecule has 0 bridgehead atoms. The van der Waals surface area contributed by atoms with Crippen molar-refractivity contribution in [3.05, 3.63) is 44.9 Å². The number of thiazole rings is 1. The lowest BCUT2D eigenvalue weighted by Crippen LogP contribution is -2.16. The molecule has 0 aliphatic carbocycles. The van der Waals surface area contributed by atoms with Crippen LogP contribution in [-0.4, -0.2) is 18.1 Å². The van der Waals surface area contributed by atoms with E-state index in [0.717, 1.165) is 36.7 Å². The number of nitrogens with one attached hydrogen (secondary N) is 1. The van der Waals surface area contributed by atoms with Gasteiger partial charge in [0.2, 0.25) is 0 Å². The van der Waals surface area contributed by atoms with Gasteiger partial charge in [-0.25, -0.2) is 4.98 Å². The lowest BCUT2D eigenvalue weighted by molar-refractivity contribution is 0.302. The highest BCUT2D eigenvalue weighted by Crippen LogP contribution is 2.33. The average Bonchev–Trinajstić information content (AvgIpc) is 2.82. The molecule has 20 heavy (non-hydrogen) atoms. The molecule has 3 nitrogen and oxygen atoms in total. The van der Waals surface area contributed by atoms with E-state index >= 15 is 0 Å². The minimum Gasteiger partial charge on any atom is -0.485 e. The second kappa shape index (κ2) is 7.27. The van der Waals surface area contributed by atoms with Crippen LogP contribution in [0.1, 0.15) is 16.1 Å². The second-order valence-electron chi connectivity index (χ2n) is 4.48. The molecule has 0 spiro atoms. The number of benzene rings is 1. The molecule has 0 amide bonds. The van der Waals surface area contributed by atoms with E-state index in [-0.39, 0.29) is 12.4 Å². The number of nitrogens with zero attached hydrogens (tertiary/aromatic N) is 1. The maximum Gasteiger partial charge on any atom is 0.142 e. The van der Waals surface area contributed by atoms with Crippen LogP contribution in [0.15, 0.2) is 23.7 Å². The van der Waals surface area contributed by atoms with Gasteiger partial charge in [-0.3, -0.25) is 0 Å². The Labute approximate surface area is 133 Å². The predicted molar refractivity (Wildman–Crippen MR) is 85.4 cm³/mol. The van der Waals surface area contributed by atoms with Crippen molar-refractivity contribution in [1.29, 1.82) is 0 Å². The highest BCUT2D eigenvalue weighted by atomic mass is 35.5. The molecule has 0 saturated heterocycles. The first kappa shape index (κ1) is 15.6. The average molecular weight is 331 g/mol. The van der Waals surface area contributed by atoms with Gasteiger partial charge < -0.3 is 10.1 Å². The topological polar surface area (TPSA) is 34.1 Å². The standard InChI is InChI=1S/C14H15ClN2OS.ClH/c15-12-2-1-10-3-5-16-6-4-11(10)14(12)18-9-13-17-7-8-19-13;/h1-2,7-8,16H,3-6,9H2;1H. The van der Waals surface area contributed by atoms with Gasteiger partial charge in [0.15, 0.2) is 0 Å². The Balaban J connectivity index is 0.00000147. The summed E-state index contributed by atoms with van der Waals surface area (Å²) in [6, 6.07) is 4.05. The molecule has 1 aromatic heterocycles. The summed E-state index contributed by atoms with van der Waals surface area (Å²) >= 11 is 7.89. The van der Waals surface area contributed by atoms with Gasteiger partial charge in [0.25, 0.3) is 0 Å². The first-order valence-corrected chi connectivity index (χ1v) is 7.62. The number of rotatable bonds is 3. The lowest BCUT2D eigenvalue weighted by Gasteiger charge is -2.14. The first-order valence-electron chi connectivity index (χ1n) is 6.37. The molecule has 1 N–H and O–H groups in total. The van der Waals surface area contributed by atoms with E-state index in [2.05, 4.69) is 16.4 Å². The maximum atomic E-state index is 6.29. The zero-order valence-electron chi connectivity index (χ0n) is 10.9. The van der Waals surface area contributed by atoms with Gasteiger partial charge in [-0.1, -0.05) is 17.7 Å². The molecule has 6 heteroatoms. The predicted octanol–water partition coefficient (Wildman–Crippen LogP) is 3.49. The maximum absolute atomic E-state index is 6.29. The Hall–Kier alpha value is -0.810. The summed E-state index contributed by atoms with van der Waals surface area (Å²) in [5.74, 6) is 0.832. The van der Waals surface area contributed by atoms with E-state index in [1.807, 2.05) is 11.4 Å². The number of ether oxygens (including phenoxy) is 1. The normalized spacial score (nSPS) is 14.1. The van der Waals surface area contributed by atoms with Gasteiger partial charge in [-0.05, 0) is 37.6 Å². The molecule has 0 atom stereocenters. The smallest absolute Gasteiger partial charge is 0.142 e. The summed E-state index contributed by atoms with van der Waals surface area (Å²) in [7, 11) is 0. The van der Waals surface area contributed by atoms with Crippen LogP contribution < -0.4 is 10.1 Å². The molecule has 0 fully saturated rings. The molecular weight excluding hydrogens is 315 g/mol. The Kier molecular flexibility index (Phi) is 5.66. The summed E-state index contributed by atoms with van der Waals surface area (Å²) in [6.07, 6.45) is 3.78. The molecule has 2 aromatic rings. The fraction of sp³-hybridized carbons (Fsp3) is 0.357. The highest BCUT2D eigenvalue weighted by Gasteiger charge is 2.16. The summed E-state index contributed by atoms with van der Waals surface area (Å²) in [6.45, 7) is 2.47. The van der Waals surface area contributed by atoms with Crippen LogP contribution in [0.4, 0.5) is 0 Å². The zero-order valence-corrected chi connectivity index (χ0v) is 13.3. The van der Waals surface area contributed by atoms with Crippen LogP contribution in [0, 0.1) is 0 Å². The van der Waals surface area contributed by atoms with Crippen molar-refractivity contribution < 1.29 is 4.74 Å². The van der Waals surface area contributed by atoms with E-state index in [0.29, 0.717) is 11.6 Å². The molecule has 1 aromatic carbocycles. The summed E-state index contributed by atoms with van der Waals surface area (Å²) < 4.78 is 5.92. The van der Waals surface area contributed by atoms with E-state index in [9.17, 15) is 0 Å². The molecule has 3 rings (SSSR count). The Morgan fingerprint density at radius 2 is 2.15 bits per heavy atom. The van der Waals surface area contributed by atoms with Gasteiger partial charge >= 0.3 is 0 Å². The number of aromatic nitrogens is 1. The van der Waals surface area contributed by atoms with Crippen molar-refractivity contribution in [2.24, 2.45) is 0 Å². The van der Waals surface area contributed by atoms with E-state index in [1.54, 1.807) is 17.5 Å². The Morgan fingerprint density at radius 1 is 1.30 bits per heavy atom. The quantitative estimate of drug-likeness (QED) is 0.935. The third-order valence-electron chi connectivity index (χ3n) is 3.26. The minimum atomic E-state index is 0. The van der Waals surface area contributed by atoms with Crippen LogP contribution in [0.2, 0.25) is 5.02 Å². The third-order valence-corrected chi connectivity index (χ3v) is 4.31. The van der Waals surface area contributed by atoms with E-state index in [4.69, 9.17) is 16.3 Å². The Morgan fingerprint density at radius 3 is 2.95 bits per heavy atom. The van der Waals surface area contributed by atoms with E-state index in [1.165, 1.54) is 11.1 Å². The van der Waals surface area contributed by atoms with Gasteiger partial charge in [0, 0.05) is 17.1 Å². The number of hydrogen-bond donors (Lipinski definition) is 1. The number of fused-ring (bicyclic) bond motifs is 1. The Bertz CT molecular complexity index is 561. The minimum absolute atomic E-state index is 0. The van der Waals surface area contributed by atoms with Crippen LogP contribution >= 0.6 is 35.3 Å². The molecule has 0 saturated carbocycles. The highest BCUT2D eigenvalue weighted by molar-refractivity contribution is 7.09. The lowest BCUT2D eigenvalue weighted by atomic mass is 10.0. The SMILES string of the molecule is Cl.Clc1ccc2c(c1OCc1nccs1)CCNCC2. The van der Waals surface area contributed by atoms with Gasteiger partial charge in [0.1, 0.15) is 17.4 Å². The fourth-order valence-electron chi connectivity index (χ4n) is 2.32. The number of hydrogen-bond acceptors (Lipinski definition) is 4. The molecule has 108 valence electrons.